The van der Waals surface area contributed by atoms with Gasteiger partial charge in [0, 0.05) is 25.7 Å². The first kappa shape index (κ1) is 19.2. The molecule has 0 aliphatic carbocycles. The number of benzene rings is 2. The maximum atomic E-state index is 10.1. The van der Waals surface area contributed by atoms with Crippen molar-refractivity contribution in [2.24, 2.45) is 10.7 Å². The van der Waals surface area contributed by atoms with Gasteiger partial charge in [-0.1, -0.05) is 26.0 Å². The Kier molecular flexibility index (Phi) is 5.98. The first-order valence-corrected chi connectivity index (χ1v) is 9.23. The lowest BCUT2D eigenvalue weighted by Crippen LogP contribution is -2.35. The quantitative estimate of drug-likeness (QED) is 0.556. The van der Waals surface area contributed by atoms with Gasteiger partial charge < -0.3 is 20.7 Å². The summed E-state index contributed by atoms with van der Waals surface area (Å²) >= 11 is 0. The van der Waals surface area contributed by atoms with Crippen LogP contribution in [0.5, 0.6) is 11.5 Å². The van der Waals surface area contributed by atoms with Crippen LogP contribution >= 0.6 is 0 Å². The van der Waals surface area contributed by atoms with Crippen LogP contribution in [0, 0.1) is 0 Å². The molecule has 2 aromatic rings. The highest BCUT2D eigenvalue weighted by atomic mass is 16.5. The van der Waals surface area contributed by atoms with Crippen molar-refractivity contribution in [2.45, 2.75) is 26.3 Å². The molecule has 0 radical (unpaired) electrons. The van der Waals surface area contributed by atoms with Crippen LogP contribution in [0.4, 0.5) is 5.69 Å². The fourth-order valence-corrected chi connectivity index (χ4v) is 3.15. The molecule has 0 bridgehead atoms. The van der Waals surface area contributed by atoms with Gasteiger partial charge in [0.1, 0.15) is 17.3 Å². The van der Waals surface area contributed by atoms with Gasteiger partial charge in [-0.15, -0.1) is 0 Å². The molecule has 1 heterocycles. The molecule has 0 amide bonds. The monoisotopic (exact) mass is 369 g/mol. The average molecular weight is 369 g/mol. The van der Waals surface area contributed by atoms with Gasteiger partial charge in [-0.2, -0.15) is 0 Å². The Bertz CT molecular complexity index is 810. The Morgan fingerprint density at radius 3 is 2.41 bits per heavy atom. The van der Waals surface area contributed by atoms with E-state index in [0.29, 0.717) is 5.56 Å². The summed E-state index contributed by atoms with van der Waals surface area (Å²) < 4.78 is 5.37. The molecule has 144 valence electrons. The van der Waals surface area contributed by atoms with Crippen LogP contribution < -0.4 is 5.73 Å². The van der Waals surface area contributed by atoms with Gasteiger partial charge in [0.2, 0.25) is 0 Å². The van der Waals surface area contributed by atoms with Crippen LogP contribution in [0.25, 0.3) is 0 Å². The first-order valence-electron chi connectivity index (χ1n) is 9.23. The predicted octanol–water partition coefficient (Wildman–Crippen LogP) is 3.09. The molecule has 0 atom stereocenters. The van der Waals surface area contributed by atoms with Crippen molar-refractivity contribution in [1.82, 2.24) is 4.90 Å². The zero-order chi connectivity index (χ0) is 19.4. The molecule has 0 spiro atoms. The Morgan fingerprint density at radius 1 is 1.11 bits per heavy atom. The molecular formula is C21H27N3O3. The molecule has 6 nitrogen and oxygen atoms in total. The number of hydrogen-bond donors (Lipinski definition) is 3. The van der Waals surface area contributed by atoms with Gasteiger partial charge in [0.05, 0.1) is 24.5 Å². The van der Waals surface area contributed by atoms with Gasteiger partial charge in [0.15, 0.2) is 0 Å². The molecule has 27 heavy (non-hydrogen) atoms. The number of phenolic OH excluding ortho intramolecular Hbond substituents is 2. The van der Waals surface area contributed by atoms with E-state index in [-0.39, 0.29) is 23.3 Å². The Labute approximate surface area is 159 Å². The van der Waals surface area contributed by atoms with Crippen LogP contribution in [-0.2, 0) is 11.3 Å². The second kappa shape index (κ2) is 8.41. The van der Waals surface area contributed by atoms with E-state index in [1.54, 1.807) is 6.07 Å². The van der Waals surface area contributed by atoms with Crippen molar-refractivity contribution in [3.05, 3.63) is 53.1 Å². The van der Waals surface area contributed by atoms with E-state index < -0.39 is 0 Å². The second-order valence-electron chi connectivity index (χ2n) is 7.13. The molecule has 4 N–H and O–H groups in total. The highest BCUT2D eigenvalue weighted by molar-refractivity contribution is 6.01. The van der Waals surface area contributed by atoms with Crippen LogP contribution in [-0.4, -0.2) is 47.3 Å². The molecular weight excluding hydrogens is 342 g/mol. The summed E-state index contributed by atoms with van der Waals surface area (Å²) in [6.45, 7) is 8.29. The van der Waals surface area contributed by atoms with Crippen molar-refractivity contribution in [3.63, 3.8) is 0 Å². The molecule has 1 aliphatic heterocycles. The minimum atomic E-state index is -0.0814. The van der Waals surface area contributed by atoms with E-state index >= 15 is 0 Å². The van der Waals surface area contributed by atoms with Crippen molar-refractivity contribution >= 4 is 11.5 Å². The first-order chi connectivity index (χ1) is 12.9. The van der Waals surface area contributed by atoms with E-state index in [9.17, 15) is 10.2 Å². The third-order valence-corrected chi connectivity index (χ3v) is 4.74. The number of nitrogens with two attached hydrogens (primary N) is 1. The van der Waals surface area contributed by atoms with Crippen molar-refractivity contribution in [1.29, 1.82) is 0 Å². The number of hydrogen-bond acceptors (Lipinski definition) is 5. The normalized spacial score (nSPS) is 16.0. The lowest BCUT2D eigenvalue weighted by molar-refractivity contribution is 0.0342. The highest BCUT2D eigenvalue weighted by Crippen LogP contribution is 2.32. The Hall–Kier alpha value is -2.57. The van der Waals surface area contributed by atoms with Crippen molar-refractivity contribution in [2.75, 3.05) is 26.3 Å². The second-order valence-corrected chi connectivity index (χ2v) is 7.13. The molecule has 0 unspecified atom stereocenters. The van der Waals surface area contributed by atoms with E-state index in [2.05, 4.69) is 9.89 Å². The molecule has 1 fully saturated rings. The summed E-state index contributed by atoms with van der Waals surface area (Å²) in [5.41, 5.74) is 9.20. The van der Waals surface area contributed by atoms with Gasteiger partial charge in [-0.05, 0) is 35.2 Å². The van der Waals surface area contributed by atoms with Crippen molar-refractivity contribution < 1.29 is 14.9 Å². The minimum absolute atomic E-state index is 0.0616. The number of aliphatic imine (C=N–C) groups is 1. The Balaban J connectivity index is 1.77. The number of ether oxygens (including phenoxy) is 1. The number of aromatic hydroxyl groups is 2. The zero-order valence-corrected chi connectivity index (χ0v) is 15.9. The number of morpholine rings is 1. The molecule has 0 saturated carbocycles. The van der Waals surface area contributed by atoms with E-state index in [0.717, 1.165) is 44.1 Å². The fraction of sp³-hybridized carbons (Fsp3) is 0.381. The molecule has 0 aromatic heterocycles. The van der Waals surface area contributed by atoms with E-state index in [1.165, 1.54) is 11.6 Å². The van der Waals surface area contributed by atoms with Crippen LogP contribution in [0.2, 0.25) is 0 Å². The van der Waals surface area contributed by atoms with Crippen LogP contribution in [0.15, 0.2) is 41.4 Å². The number of rotatable bonds is 5. The molecule has 3 rings (SSSR count). The lowest BCUT2D eigenvalue weighted by atomic mass is 9.98. The number of amidine groups is 1. The van der Waals surface area contributed by atoms with Crippen LogP contribution in [0.3, 0.4) is 0 Å². The highest BCUT2D eigenvalue weighted by Gasteiger charge is 2.14. The van der Waals surface area contributed by atoms with Gasteiger partial charge in [-0.3, -0.25) is 4.90 Å². The Morgan fingerprint density at radius 2 is 1.78 bits per heavy atom. The zero-order valence-electron chi connectivity index (χ0n) is 15.9. The third-order valence-electron chi connectivity index (χ3n) is 4.74. The summed E-state index contributed by atoms with van der Waals surface area (Å²) in [5, 5.41) is 20.1. The van der Waals surface area contributed by atoms with Gasteiger partial charge >= 0.3 is 0 Å². The summed E-state index contributed by atoms with van der Waals surface area (Å²) in [7, 11) is 0. The number of nitrogens with zero attached hydrogens (tertiary/aromatic N) is 2. The smallest absolute Gasteiger partial charge is 0.135 e. The maximum Gasteiger partial charge on any atom is 0.135 e. The summed E-state index contributed by atoms with van der Waals surface area (Å²) in [6, 6.07) is 10.9. The maximum absolute atomic E-state index is 10.1. The molecule has 1 aliphatic rings. The number of phenols is 2. The SMILES string of the molecule is CC(C)c1cc(C(N)=Nc2ccc(CN3CCOCC3)cc2)c(O)cc1O. The standard InChI is InChI=1S/C21H27N3O3/c1-14(2)17-11-18(20(26)12-19(17)25)21(22)23-16-5-3-15(4-6-16)13-24-7-9-27-10-8-24/h3-6,11-12,14,25-26H,7-10,13H2,1-2H3,(H2,22,23). The van der Waals surface area contributed by atoms with Gasteiger partial charge in [-0.25, -0.2) is 4.99 Å². The predicted molar refractivity (Wildman–Crippen MR) is 107 cm³/mol. The van der Waals surface area contributed by atoms with E-state index in [4.69, 9.17) is 10.5 Å². The molecule has 1 saturated heterocycles. The van der Waals surface area contributed by atoms with Crippen molar-refractivity contribution in [3.8, 4) is 11.5 Å². The topological polar surface area (TPSA) is 91.3 Å². The van der Waals surface area contributed by atoms with Crippen LogP contribution in [0.1, 0.15) is 36.5 Å². The molecule has 2 aromatic carbocycles. The largest absolute Gasteiger partial charge is 0.508 e. The summed E-state index contributed by atoms with van der Waals surface area (Å²) in [4.78, 5) is 6.79. The summed E-state index contributed by atoms with van der Waals surface area (Å²) in [6.07, 6.45) is 0. The average Bonchev–Trinajstić information content (AvgIpc) is 2.64. The molecule has 6 heteroatoms. The minimum Gasteiger partial charge on any atom is -0.508 e. The third kappa shape index (κ3) is 4.78. The van der Waals surface area contributed by atoms with E-state index in [1.807, 2.05) is 38.1 Å². The summed E-state index contributed by atoms with van der Waals surface area (Å²) in [5.74, 6) is 0.306. The van der Waals surface area contributed by atoms with Gasteiger partial charge in [0.25, 0.3) is 0 Å². The lowest BCUT2D eigenvalue weighted by Gasteiger charge is -2.26. The fourth-order valence-electron chi connectivity index (χ4n) is 3.15.